The molecule has 0 aliphatic rings. The van der Waals surface area contributed by atoms with Gasteiger partial charge in [-0.2, -0.15) is 0 Å². The van der Waals surface area contributed by atoms with E-state index >= 15 is 0 Å². The monoisotopic (exact) mass is 1110 g/mol. The fourth-order valence-corrected chi connectivity index (χ4v) is 11.1. The Morgan fingerprint density at radius 1 is 0.253 bits per heavy atom. The molecule has 1 unspecified atom stereocenters. The van der Waals surface area contributed by atoms with E-state index in [1.54, 1.807) is 0 Å². The Labute approximate surface area is 493 Å². The van der Waals surface area contributed by atoms with E-state index in [2.05, 4.69) is 45.1 Å². The van der Waals surface area contributed by atoms with Crippen LogP contribution in [0.15, 0.2) is 24.3 Å². The normalized spacial score (nSPS) is 12.1. The van der Waals surface area contributed by atoms with E-state index in [0.29, 0.717) is 19.3 Å². The van der Waals surface area contributed by atoms with Crippen LogP contribution < -0.4 is 0 Å². The van der Waals surface area contributed by atoms with E-state index in [0.717, 1.165) is 64.2 Å². The third-order valence-corrected chi connectivity index (χ3v) is 16.5. The van der Waals surface area contributed by atoms with E-state index in [4.69, 9.17) is 14.2 Å². The van der Waals surface area contributed by atoms with Crippen molar-refractivity contribution in [3.05, 3.63) is 24.3 Å². The van der Waals surface area contributed by atoms with Gasteiger partial charge in [0.15, 0.2) is 6.10 Å². The Morgan fingerprint density at radius 3 is 0.696 bits per heavy atom. The molecular weight excluding hydrogens is 973 g/mol. The third kappa shape index (κ3) is 66.6. The summed E-state index contributed by atoms with van der Waals surface area (Å²) in [6.07, 6.45) is 83.6. The van der Waals surface area contributed by atoms with Gasteiger partial charge in [-0.1, -0.05) is 360 Å². The van der Waals surface area contributed by atoms with Gasteiger partial charge < -0.3 is 14.2 Å². The van der Waals surface area contributed by atoms with Crippen molar-refractivity contribution in [3.63, 3.8) is 0 Å². The molecule has 0 N–H and O–H groups in total. The lowest BCUT2D eigenvalue weighted by atomic mass is 10.0. The van der Waals surface area contributed by atoms with E-state index in [1.807, 2.05) is 0 Å². The van der Waals surface area contributed by atoms with Crippen LogP contribution in [-0.4, -0.2) is 37.2 Å². The minimum absolute atomic E-state index is 0.0628. The van der Waals surface area contributed by atoms with Gasteiger partial charge >= 0.3 is 17.9 Å². The Kier molecular flexibility index (Phi) is 66.6. The molecule has 6 nitrogen and oxygen atoms in total. The fourth-order valence-electron chi connectivity index (χ4n) is 11.1. The van der Waals surface area contributed by atoms with Gasteiger partial charge in [0.05, 0.1) is 0 Å². The van der Waals surface area contributed by atoms with Crippen LogP contribution in [0.5, 0.6) is 0 Å². The molecule has 0 bridgehead atoms. The SMILES string of the molecule is CCCCCCC/C=C\C/C=C\CCCCCCCCCCCCCCCCCCCCCC(=O)OCC(COC(=O)CCCCCCCCCCCCCCCCC)OC(=O)CCCCCCCCCCCCCCCCC. The van der Waals surface area contributed by atoms with E-state index in [9.17, 15) is 14.4 Å². The van der Waals surface area contributed by atoms with Gasteiger partial charge in [-0.25, -0.2) is 0 Å². The second-order valence-corrected chi connectivity index (χ2v) is 24.5. The summed E-state index contributed by atoms with van der Waals surface area (Å²) in [4.78, 5) is 38.4. The summed E-state index contributed by atoms with van der Waals surface area (Å²) < 4.78 is 17.0. The third-order valence-electron chi connectivity index (χ3n) is 16.5. The number of hydrogen-bond donors (Lipinski definition) is 0. The van der Waals surface area contributed by atoms with Gasteiger partial charge in [0.2, 0.25) is 0 Å². The highest BCUT2D eigenvalue weighted by molar-refractivity contribution is 5.71. The number of unbranched alkanes of at least 4 members (excludes halogenated alkanes) is 52. The van der Waals surface area contributed by atoms with Crippen LogP contribution >= 0.6 is 0 Å². The maximum absolute atomic E-state index is 12.9. The van der Waals surface area contributed by atoms with Gasteiger partial charge in [-0.05, 0) is 51.4 Å². The first-order chi connectivity index (χ1) is 39.0. The van der Waals surface area contributed by atoms with E-state index in [1.165, 1.54) is 302 Å². The van der Waals surface area contributed by atoms with Crippen LogP contribution in [0.3, 0.4) is 0 Å². The van der Waals surface area contributed by atoms with Gasteiger partial charge in [0.25, 0.3) is 0 Å². The fraction of sp³-hybridized carbons (Fsp3) is 0.904. The Hall–Kier alpha value is -2.11. The Balaban J connectivity index is 4.13. The number of rotatable bonds is 67. The second-order valence-electron chi connectivity index (χ2n) is 24.5. The molecule has 1 atom stereocenters. The van der Waals surface area contributed by atoms with Crippen LogP contribution in [0.25, 0.3) is 0 Å². The van der Waals surface area contributed by atoms with Crippen LogP contribution in [0.2, 0.25) is 0 Å². The summed E-state index contributed by atoms with van der Waals surface area (Å²) >= 11 is 0. The largest absolute Gasteiger partial charge is 0.462 e. The minimum Gasteiger partial charge on any atom is -0.462 e. The molecule has 6 heteroatoms. The number of carbonyl (C=O) groups excluding carboxylic acids is 3. The van der Waals surface area contributed by atoms with Crippen molar-refractivity contribution >= 4 is 17.9 Å². The number of ether oxygens (including phenoxy) is 3. The van der Waals surface area contributed by atoms with Crippen molar-refractivity contribution in [1.29, 1.82) is 0 Å². The molecule has 0 aliphatic heterocycles. The smallest absolute Gasteiger partial charge is 0.306 e. The van der Waals surface area contributed by atoms with Gasteiger partial charge in [0, 0.05) is 19.3 Å². The first-order valence-electron chi connectivity index (χ1n) is 35.8. The lowest BCUT2D eigenvalue weighted by Gasteiger charge is -2.18. The van der Waals surface area contributed by atoms with Crippen molar-refractivity contribution in [2.45, 2.75) is 412 Å². The summed E-state index contributed by atoms with van der Waals surface area (Å²) in [5.41, 5.74) is 0. The highest BCUT2D eigenvalue weighted by Gasteiger charge is 2.19. The number of allylic oxidation sites excluding steroid dienone is 4. The number of carbonyl (C=O) groups is 3. The van der Waals surface area contributed by atoms with Crippen molar-refractivity contribution < 1.29 is 28.6 Å². The molecule has 0 rings (SSSR count). The Morgan fingerprint density at radius 2 is 0.456 bits per heavy atom. The van der Waals surface area contributed by atoms with Crippen molar-refractivity contribution in [3.8, 4) is 0 Å². The molecule has 0 fully saturated rings. The van der Waals surface area contributed by atoms with Crippen LogP contribution in [0, 0.1) is 0 Å². The average Bonchev–Trinajstić information content (AvgIpc) is 3.45. The lowest BCUT2D eigenvalue weighted by molar-refractivity contribution is -0.167. The summed E-state index contributed by atoms with van der Waals surface area (Å²) in [7, 11) is 0. The van der Waals surface area contributed by atoms with E-state index < -0.39 is 6.10 Å². The zero-order chi connectivity index (χ0) is 57.1. The summed E-state index contributed by atoms with van der Waals surface area (Å²) in [6, 6.07) is 0. The molecule has 0 spiro atoms. The average molecular weight is 1110 g/mol. The molecule has 0 aromatic heterocycles. The predicted octanol–water partition coefficient (Wildman–Crippen LogP) is 24.6. The van der Waals surface area contributed by atoms with Crippen LogP contribution in [0.1, 0.15) is 406 Å². The topological polar surface area (TPSA) is 78.9 Å². The summed E-state index contributed by atoms with van der Waals surface area (Å²) in [5.74, 6) is -0.828. The number of hydrogen-bond acceptors (Lipinski definition) is 6. The van der Waals surface area contributed by atoms with Crippen LogP contribution in [-0.2, 0) is 28.6 Å². The molecule has 0 aromatic carbocycles. The molecule has 79 heavy (non-hydrogen) atoms. The van der Waals surface area contributed by atoms with Crippen LogP contribution in [0.4, 0.5) is 0 Å². The molecule has 0 radical (unpaired) electrons. The van der Waals surface area contributed by atoms with Gasteiger partial charge in [0.1, 0.15) is 13.2 Å². The molecule has 466 valence electrons. The lowest BCUT2D eigenvalue weighted by Crippen LogP contribution is -2.30. The summed E-state index contributed by atoms with van der Waals surface area (Å²) in [5, 5.41) is 0. The summed E-state index contributed by atoms with van der Waals surface area (Å²) in [6.45, 7) is 6.71. The first-order valence-corrected chi connectivity index (χ1v) is 35.8. The molecule has 0 saturated heterocycles. The maximum atomic E-state index is 12.9. The quantitative estimate of drug-likeness (QED) is 0.0261. The standard InChI is InChI=1S/C73H138O6/c1-4-7-10-13-16-19-22-25-28-29-30-31-32-33-34-35-36-37-38-39-40-41-42-43-46-48-51-54-57-60-63-66-72(75)78-69-70(79-73(76)67-64-61-58-55-52-49-45-27-24-21-18-15-12-9-6-3)68-77-71(74)65-62-59-56-53-50-47-44-26-23-20-17-14-11-8-5-2/h22,25,29-30,70H,4-21,23-24,26-28,31-69H2,1-3H3/b25-22-,30-29-. The Bertz CT molecular complexity index is 1270. The zero-order valence-corrected chi connectivity index (χ0v) is 53.7. The molecule has 0 amide bonds. The zero-order valence-electron chi connectivity index (χ0n) is 53.7. The first kappa shape index (κ1) is 76.9. The molecular formula is C73H138O6. The minimum atomic E-state index is -0.765. The maximum Gasteiger partial charge on any atom is 0.306 e. The molecule has 0 aromatic rings. The predicted molar refractivity (Wildman–Crippen MR) is 344 cm³/mol. The van der Waals surface area contributed by atoms with Gasteiger partial charge in [-0.15, -0.1) is 0 Å². The van der Waals surface area contributed by atoms with Crippen molar-refractivity contribution in [2.24, 2.45) is 0 Å². The second kappa shape index (κ2) is 68.4. The van der Waals surface area contributed by atoms with Crippen molar-refractivity contribution in [1.82, 2.24) is 0 Å². The molecule has 0 aliphatic carbocycles. The number of esters is 3. The van der Waals surface area contributed by atoms with E-state index in [-0.39, 0.29) is 31.1 Å². The van der Waals surface area contributed by atoms with Gasteiger partial charge in [-0.3, -0.25) is 14.4 Å². The molecule has 0 heterocycles. The highest BCUT2D eigenvalue weighted by Crippen LogP contribution is 2.19. The molecule has 0 saturated carbocycles. The highest BCUT2D eigenvalue weighted by atomic mass is 16.6. The van der Waals surface area contributed by atoms with Crippen molar-refractivity contribution in [2.75, 3.05) is 13.2 Å².